The number of halogens is 2. The van der Waals surface area contributed by atoms with Gasteiger partial charge < -0.3 is 31.0 Å². The van der Waals surface area contributed by atoms with Crippen LogP contribution in [0.15, 0.2) is 63.8 Å². The minimum atomic E-state index is -1.04. The van der Waals surface area contributed by atoms with Crippen LogP contribution >= 0.6 is 31.9 Å². The van der Waals surface area contributed by atoms with E-state index in [-0.39, 0.29) is 19.1 Å². The molecule has 1 aromatic heterocycles. The summed E-state index contributed by atoms with van der Waals surface area (Å²) < 4.78 is 9.02. The van der Waals surface area contributed by atoms with Gasteiger partial charge in [0.2, 0.25) is 5.91 Å². The van der Waals surface area contributed by atoms with Crippen molar-refractivity contribution < 1.29 is 24.2 Å². The van der Waals surface area contributed by atoms with Crippen molar-refractivity contribution in [3.05, 3.63) is 80.8 Å². The molecule has 252 valence electrons. The summed E-state index contributed by atoms with van der Waals surface area (Å²) in [5.74, 6) is 0.295. The van der Waals surface area contributed by atoms with Gasteiger partial charge in [0.1, 0.15) is 25.0 Å². The second-order valence-electron chi connectivity index (χ2n) is 11.2. The maximum absolute atomic E-state index is 12.6. The molecule has 0 spiro atoms. The van der Waals surface area contributed by atoms with Crippen LogP contribution in [0.5, 0.6) is 0 Å². The number of aromatic nitrogens is 3. The molecule has 46 heavy (non-hydrogen) atoms. The zero-order valence-electron chi connectivity index (χ0n) is 26.6. The van der Waals surface area contributed by atoms with Gasteiger partial charge in [0.05, 0.1) is 18.1 Å². The van der Waals surface area contributed by atoms with Crippen molar-refractivity contribution in [1.82, 2.24) is 25.4 Å². The number of aliphatic hydroxyl groups excluding tert-OH is 1. The molecule has 13 heteroatoms. The number of aldehydes is 1. The van der Waals surface area contributed by atoms with Crippen LogP contribution in [0, 0.1) is 0 Å². The van der Waals surface area contributed by atoms with Gasteiger partial charge in [0, 0.05) is 28.5 Å². The molecule has 2 aromatic carbocycles. The topological polar surface area (TPSA) is 161 Å². The number of carbonyl (C=O) groups excluding carboxylic acids is 3. The molecule has 0 aliphatic carbocycles. The van der Waals surface area contributed by atoms with Gasteiger partial charge >= 0.3 is 6.09 Å². The predicted molar refractivity (Wildman–Crippen MR) is 185 cm³/mol. The van der Waals surface area contributed by atoms with E-state index >= 15 is 0 Å². The minimum absolute atomic E-state index is 0.0907. The number of benzene rings is 2. The number of aliphatic hydroxyl groups is 1. The van der Waals surface area contributed by atoms with E-state index in [9.17, 15) is 14.4 Å². The fraction of sp³-hybridized carbons (Fsp3) is 0.485. The zero-order valence-corrected chi connectivity index (χ0v) is 29.8. The van der Waals surface area contributed by atoms with Crippen LogP contribution in [0.3, 0.4) is 0 Å². The van der Waals surface area contributed by atoms with Crippen LogP contribution in [0.25, 0.3) is 0 Å². The quantitative estimate of drug-likeness (QED) is 0.0986. The first-order chi connectivity index (χ1) is 22.1. The Morgan fingerprint density at radius 2 is 1.65 bits per heavy atom. The minimum Gasteiger partial charge on any atom is -0.448 e. The van der Waals surface area contributed by atoms with E-state index in [1.165, 1.54) is 17.5 Å². The molecule has 3 aromatic rings. The van der Waals surface area contributed by atoms with Gasteiger partial charge in [-0.15, -0.1) is 0 Å². The first-order valence-electron chi connectivity index (χ1n) is 15.5. The SMILES string of the molecule is CC(C)(N)C(=O)NC(CCCc1ccccc1Br)c1ncnn1CCOC(=O)NCCCCO.O=CCCCc1ccccc1Br. The zero-order chi connectivity index (χ0) is 33.8. The molecule has 0 saturated heterocycles. The molecular weight excluding hydrogens is 720 g/mol. The van der Waals surface area contributed by atoms with E-state index in [1.807, 2.05) is 36.4 Å². The lowest BCUT2D eigenvalue weighted by Crippen LogP contribution is -2.50. The predicted octanol–water partition coefficient (Wildman–Crippen LogP) is 5.43. The molecule has 5 N–H and O–H groups in total. The van der Waals surface area contributed by atoms with Crippen molar-refractivity contribution in [3.63, 3.8) is 0 Å². The van der Waals surface area contributed by atoms with Gasteiger partial charge in [-0.3, -0.25) is 4.79 Å². The van der Waals surface area contributed by atoms with Crippen LogP contribution in [-0.4, -0.2) is 63.5 Å². The average Bonchev–Trinajstić information content (AvgIpc) is 3.49. The number of alkyl carbamates (subject to hydrolysis) is 1. The molecule has 0 aliphatic rings. The van der Waals surface area contributed by atoms with Crippen molar-refractivity contribution >= 4 is 50.1 Å². The summed E-state index contributed by atoms with van der Waals surface area (Å²) in [6.45, 7) is 4.22. The number of nitrogens with two attached hydrogens (primary N) is 1. The number of ether oxygens (including phenoxy) is 1. The van der Waals surface area contributed by atoms with Gasteiger partial charge in [-0.25, -0.2) is 14.5 Å². The summed E-state index contributed by atoms with van der Waals surface area (Å²) in [5, 5.41) is 18.7. The Morgan fingerprint density at radius 1 is 1.02 bits per heavy atom. The van der Waals surface area contributed by atoms with E-state index in [4.69, 9.17) is 15.6 Å². The Kier molecular flexibility index (Phi) is 18.4. The third-order valence-corrected chi connectivity index (χ3v) is 8.41. The Hall–Kier alpha value is -3.13. The highest BCUT2D eigenvalue weighted by Gasteiger charge is 2.27. The summed E-state index contributed by atoms with van der Waals surface area (Å²) in [7, 11) is 0. The highest BCUT2D eigenvalue weighted by Crippen LogP contribution is 2.22. The monoisotopic (exact) mass is 764 g/mol. The molecule has 0 fully saturated rings. The van der Waals surface area contributed by atoms with Crippen LogP contribution < -0.4 is 16.4 Å². The van der Waals surface area contributed by atoms with Crippen molar-refractivity contribution in [2.45, 2.75) is 83.3 Å². The molecule has 1 heterocycles. The summed E-state index contributed by atoms with van der Waals surface area (Å²) in [5.41, 5.74) is 7.42. The number of hydrogen-bond acceptors (Lipinski definition) is 8. The number of nitrogens with zero attached hydrogens (tertiary/aromatic N) is 3. The van der Waals surface area contributed by atoms with Gasteiger partial charge in [-0.1, -0.05) is 68.3 Å². The number of rotatable bonds is 18. The maximum Gasteiger partial charge on any atom is 0.407 e. The first kappa shape index (κ1) is 39.1. The van der Waals surface area contributed by atoms with Gasteiger partial charge in [0.25, 0.3) is 0 Å². The third-order valence-electron chi connectivity index (χ3n) is 6.86. The summed E-state index contributed by atoms with van der Waals surface area (Å²) in [4.78, 5) is 38.9. The molecule has 1 unspecified atom stereocenters. The molecule has 0 bridgehead atoms. The van der Waals surface area contributed by atoms with E-state index in [1.54, 1.807) is 18.5 Å². The van der Waals surface area contributed by atoms with E-state index < -0.39 is 17.7 Å². The van der Waals surface area contributed by atoms with Crippen molar-refractivity contribution in [3.8, 4) is 0 Å². The second-order valence-corrected chi connectivity index (χ2v) is 12.9. The van der Waals surface area contributed by atoms with E-state index in [2.05, 4.69) is 64.7 Å². The fourth-order valence-corrected chi connectivity index (χ4v) is 5.27. The average molecular weight is 767 g/mol. The lowest BCUT2D eigenvalue weighted by Gasteiger charge is -2.24. The van der Waals surface area contributed by atoms with Crippen LogP contribution in [0.4, 0.5) is 4.79 Å². The number of unbranched alkanes of at least 4 members (excludes halogenated alkanes) is 2. The van der Waals surface area contributed by atoms with Crippen molar-refractivity contribution in [2.24, 2.45) is 5.73 Å². The molecule has 0 radical (unpaired) electrons. The summed E-state index contributed by atoms with van der Waals surface area (Å²) >= 11 is 7.03. The highest BCUT2D eigenvalue weighted by molar-refractivity contribution is 9.10. The molecule has 11 nitrogen and oxygen atoms in total. The molecule has 1 atom stereocenters. The van der Waals surface area contributed by atoms with Gasteiger partial charge in [-0.2, -0.15) is 5.10 Å². The summed E-state index contributed by atoms with van der Waals surface area (Å²) in [6.07, 6.45) is 7.99. The normalized spacial score (nSPS) is 11.6. The standard InChI is InChI=1S/C23H35BrN6O4.C10H11BrO/c1-23(2,25)21(32)29-19(11-7-9-17-8-3-4-10-18(17)24)20-27-16-28-30(20)13-15-34-22(33)26-12-5-6-14-31;11-10-7-2-1-5-9(10)6-3-4-8-12/h3-4,8,10,16,19,31H,5-7,9,11-15,25H2,1-2H3,(H,26,33)(H,29,32);1-2,5,7-8H,3-4,6H2. The molecule has 2 amide bonds. The first-order valence-corrected chi connectivity index (χ1v) is 17.0. The number of carbonyl (C=O) groups is 3. The number of hydrogen-bond donors (Lipinski definition) is 4. The highest BCUT2D eigenvalue weighted by atomic mass is 79.9. The van der Waals surface area contributed by atoms with Crippen LogP contribution in [0.2, 0.25) is 0 Å². The lowest BCUT2D eigenvalue weighted by atomic mass is 10.0. The number of nitrogens with one attached hydrogen (secondary N) is 2. The van der Waals surface area contributed by atoms with Gasteiger partial charge in [-0.05, 0) is 82.1 Å². The second kappa shape index (κ2) is 21.6. The molecular formula is C33H46Br2N6O5. The molecule has 0 saturated carbocycles. The molecule has 0 aliphatic heterocycles. The Balaban J connectivity index is 0.000000512. The smallest absolute Gasteiger partial charge is 0.407 e. The van der Waals surface area contributed by atoms with Crippen LogP contribution in [-0.2, 0) is 33.7 Å². The van der Waals surface area contributed by atoms with Crippen molar-refractivity contribution in [2.75, 3.05) is 19.8 Å². The van der Waals surface area contributed by atoms with E-state index in [0.29, 0.717) is 44.6 Å². The molecule has 3 rings (SSSR count). The fourth-order valence-electron chi connectivity index (χ4n) is 4.30. The van der Waals surface area contributed by atoms with Crippen LogP contribution in [0.1, 0.15) is 75.4 Å². The Labute approximate surface area is 288 Å². The lowest BCUT2D eigenvalue weighted by molar-refractivity contribution is -0.126. The van der Waals surface area contributed by atoms with Gasteiger partial charge in [0.15, 0.2) is 0 Å². The number of amides is 2. The van der Waals surface area contributed by atoms with E-state index in [0.717, 1.165) is 40.9 Å². The Bertz CT molecular complexity index is 1350. The largest absolute Gasteiger partial charge is 0.448 e. The van der Waals surface area contributed by atoms with Crippen molar-refractivity contribution in [1.29, 1.82) is 0 Å². The third kappa shape index (κ3) is 15.0. The summed E-state index contributed by atoms with van der Waals surface area (Å²) in [6, 6.07) is 15.8. The Morgan fingerprint density at radius 3 is 2.24 bits per heavy atom. The number of aryl methyl sites for hydroxylation is 2. The maximum atomic E-state index is 12.6.